The summed E-state index contributed by atoms with van der Waals surface area (Å²) >= 11 is 0. The van der Waals surface area contributed by atoms with Gasteiger partial charge in [0.25, 0.3) is 0 Å². The van der Waals surface area contributed by atoms with Crippen LogP contribution in [0.15, 0.2) is 42.5 Å². The smallest absolute Gasteiger partial charge is 0.334 e. The van der Waals surface area contributed by atoms with Gasteiger partial charge in [-0.3, -0.25) is 9.59 Å². The number of ketones is 1. The fourth-order valence-corrected chi connectivity index (χ4v) is 1.39. The lowest BCUT2D eigenvalue weighted by atomic mass is 10.2. The van der Waals surface area contributed by atoms with E-state index in [-0.39, 0.29) is 31.0 Å². The van der Waals surface area contributed by atoms with Crippen molar-refractivity contribution >= 4 is 17.7 Å². The largest absolute Gasteiger partial charge is 0.461 e. The summed E-state index contributed by atoms with van der Waals surface area (Å²) in [5, 5.41) is 0. The first-order valence-corrected chi connectivity index (χ1v) is 6.59. The summed E-state index contributed by atoms with van der Waals surface area (Å²) in [5.41, 5.74) is 0.824. The first kappa shape index (κ1) is 16.6. The molecule has 1 rings (SSSR count). The van der Waals surface area contributed by atoms with Gasteiger partial charge in [-0.15, -0.1) is 0 Å². The maximum Gasteiger partial charge on any atom is 0.334 e. The van der Waals surface area contributed by atoms with E-state index in [4.69, 9.17) is 9.47 Å². The van der Waals surface area contributed by atoms with E-state index in [0.717, 1.165) is 5.56 Å². The molecule has 0 unspecified atom stereocenters. The second-order valence-electron chi connectivity index (χ2n) is 4.39. The number of benzene rings is 1. The number of ether oxygens (including phenoxy) is 2. The molecule has 0 heterocycles. The second kappa shape index (κ2) is 8.68. The normalized spacial score (nSPS) is 9.76. The minimum atomic E-state index is -0.756. The molecular formula is C16H18O5. The third kappa shape index (κ3) is 6.51. The Morgan fingerprint density at radius 1 is 1.10 bits per heavy atom. The molecule has 0 atom stereocenters. The van der Waals surface area contributed by atoms with Crippen molar-refractivity contribution in [3.05, 3.63) is 48.0 Å². The van der Waals surface area contributed by atoms with Crippen molar-refractivity contribution in [1.82, 2.24) is 0 Å². The topological polar surface area (TPSA) is 69.7 Å². The second-order valence-corrected chi connectivity index (χ2v) is 4.39. The minimum Gasteiger partial charge on any atom is -0.461 e. The van der Waals surface area contributed by atoms with E-state index in [9.17, 15) is 14.4 Å². The molecule has 5 heteroatoms. The van der Waals surface area contributed by atoms with Gasteiger partial charge in [-0.05, 0) is 5.56 Å². The fourth-order valence-electron chi connectivity index (χ4n) is 1.39. The van der Waals surface area contributed by atoms with E-state index >= 15 is 0 Å². The standard InChI is InChI=1S/C16H18O5/c1-3-14(17)11-21-16(19)12(2)9-15(18)20-10-13-7-5-4-6-8-13/h4-8H,2-3,9-11H2,1H3. The van der Waals surface area contributed by atoms with E-state index < -0.39 is 11.9 Å². The number of rotatable bonds is 8. The summed E-state index contributed by atoms with van der Waals surface area (Å²) in [7, 11) is 0. The van der Waals surface area contributed by atoms with Gasteiger partial charge in [0.15, 0.2) is 5.78 Å². The Hall–Kier alpha value is -2.43. The number of hydrogen-bond acceptors (Lipinski definition) is 5. The summed E-state index contributed by atoms with van der Waals surface area (Å²) in [6.45, 7) is 4.98. The lowest BCUT2D eigenvalue weighted by Crippen LogP contribution is -2.16. The first-order chi connectivity index (χ1) is 10.0. The van der Waals surface area contributed by atoms with E-state index in [0.29, 0.717) is 6.42 Å². The quantitative estimate of drug-likeness (QED) is 0.542. The number of Topliss-reactive ketones (excluding diaryl/α,β-unsaturated/α-hetero) is 1. The van der Waals surface area contributed by atoms with Crippen LogP contribution in [0.1, 0.15) is 25.3 Å². The zero-order valence-electron chi connectivity index (χ0n) is 12.0. The van der Waals surface area contributed by atoms with Gasteiger partial charge in [0.1, 0.15) is 13.2 Å². The number of hydrogen-bond donors (Lipinski definition) is 0. The van der Waals surface area contributed by atoms with Gasteiger partial charge in [-0.1, -0.05) is 43.8 Å². The number of carbonyl (C=O) groups excluding carboxylic acids is 3. The predicted octanol–water partition coefficient (Wildman–Crippen LogP) is 2.20. The third-order valence-electron chi connectivity index (χ3n) is 2.65. The van der Waals surface area contributed by atoms with Crippen molar-refractivity contribution in [2.75, 3.05) is 6.61 Å². The molecule has 0 bridgehead atoms. The van der Waals surface area contributed by atoms with Crippen LogP contribution < -0.4 is 0 Å². The Bertz CT molecular complexity index is 519. The van der Waals surface area contributed by atoms with Crippen LogP contribution in [0.4, 0.5) is 0 Å². The van der Waals surface area contributed by atoms with E-state index in [1.807, 2.05) is 30.3 Å². The van der Waals surface area contributed by atoms with Crippen LogP contribution in [0, 0.1) is 0 Å². The summed E-state index contributed by atoms with van der Waals surface area (Å²) in [6.07, 6.45) is 0.0326. The van der Waals surface area contributed by atoms with Gasteiger partial charge in [-0.2, -0.15) is 0 Å². The third-order valence-corrected chi connectivity index (χ3v) is 2.65. The molecule has 0 aromatic heterocycles. The maximum absolute atomic E-state index is 11.6. The number of carbonyl (C=O) groups is 3. The highest BCUT2D eigenvalue weighted by Gasteiger charge is 2.15. The molecule has 0 aliphatic rings. The molecule has 0 spiro atoms. The van der Waals surface area contributed by atoms with Crippen molar-refractivity contribution in [3.8, 4) is 0 Å². The average Bonchev–Trinajstić information content (AvgIpc) is 2.51. The van der Waals surface area contributed by atoms with Gasteiger partial charge < -0.3 is 9.47 Å². The van der Waals surface area contributed by atoms with E-state index in [1.54, 1.807) is 6.92 Å². The monoisotopic (exact) mass is 290 g/mol. The Labute approximate surface area is 123 Å². The molecule has 0 saturated carbocycles. The Morgan fingerprint density at radius 2 is 1.76 bits per heavy atom. The first-order valence-electron chi connectivity index (χ1n) is 6.59. The van der Waals surface area contributed by atoms with Crippen LogP contribution in [-0.4, -0.2) is 24.3 Å². The molecule has 0 fully saturated rings. The van der Waals surface area contributed by atoms with Crippen molar-refractivity contribution in [3.63, 3.8) is 0 Å². The maximum atomic E-state index is 11.6. The van der Waals surface area contributed by atoms with Crippen LogP contribution in [0.25, 0.3) is 0 Å². The van der Waals surface area contributed by atoms with Crippen LogP contribution in [0.5, 0.6) is 0 Å². The van der Waals surface area contributed by atoms with Gasteiger partial charge in [0.05, 0.1) is 6.42 Å². The Morgan fingerprint density at radius 3 is 2.38 bits per heavy atom. The molecule has 5 nitrogen and oxygen atoms in total. The summed E-state index contributed by atoms with van der Waals surface area (Å²) in [6, 6.07) is 9.19. The van der Waals surface area contributed by atoms with Crippen LogP contribution in [0.2, 0.25) is 0 Å². The van der Waals surface area contributed by atoms with Crippen LogP contribution >= 0.6 is 0 Å². The molecule has 1 aromatic carbocycles. The average molecular weight is 290 g/mol. The van der Waals surface area contributed by atoms with E-state index in [1.165, 1.54) is 0 Å². The van der Waals surface area contributed by atoms with Gasteiger partial charge in [-0.25, -0.2) is 4.79 Å². The molecular weight excluding hydrogens is 272 g/mol. The molecule has 1 aromatic rings. The zero-order chi connectivity index (χ0) is 15.7. The molecule has 0 radical (unpaired) electrons. The van der Waals surface area contributed by atoms with Crippen molar-refractivity contribution in [1.29, 1.82) is 0 Å². The molecule has 0 amide bonds. The Kier molecular flexibility index (Phi) is 6.87. The van der Waals surface area contributed by atoms with Crippen molar-refractivity contribution in [2.24, 2.45) is 0 Å². The molecule has 112 valence electrons. The highest BCUT2D eigenvalue weighted by Crippen LogP contribution is 2.06. The lowest BCUT2D eigenvalue weighted by Gasteiger charge is -2.07. The SMILES string of the molecule is C=C(CC(=O)OCc1ccccc1)C(=O)OCC(=O)CC. The molecule has 0 aliphatic carbocycles. The van der Waals surface area contributed by atoms with Gasteiger partial charge >= 0.3 is 11.9 Å². The van der Waals surface area contributed by atoms with Crippen molar-refractivity contribution < 1.29 is 23.9 Å². The van der Waals surface area contributed by atoms with Gasteiger partial charge in [0, 0.05) is 12.0 Å². The Balaban J connectivity index is 2.31. The van der Waals surface area contributed by atoms with Crippen LogP contribution in [0.3, 0.4) is 0 Å². The van der Waals surface area contributed by atoms with Crippen LogP contribution in [-0.2, 0) is 30.5 Å². The van der Waals surface area contributed by atoms with Crippen molar-refractivity contribution in [2.45, 2.75) is 26.4 Å². The molecule has 0 saturated heterocycles. The van der Waals surface area contributed by atoms with Gasteiger partial charge in [0.2, 0.25) is 0 Å². The highest BCUT2D eigenvalue weighted by molar-refractivity contribution is 5.94. The lowest BCUT2D eigenvalue weighted by molar-refractivity contribution is -0.148. The minimum absolute atomic E-state index is 0.0306. The summed E-state index contributed by atoms with van der Waals surface area (Å²) in [5.74, 6) is -1.51. The molecule has 0 N–H and O–H groups in total. The fraction of sp³-hybridized carbons (Fsp3) is 0.312. The molecule has 0 aliphatic heterocycles. The highest BCUT2D eigenvalue weighted by atomic mass is 16.5. The number of esters is 2. The zero-order valence-corrected chi connectivity index (χ0v) is 12.0. The summed E-state index contributed by atoms with van der Waals surface area (Å²) < 4.78 is 9.75. The predicted molar refractivity (Wildman–Crippen MR) is 76.3 cm³/mol. The van der Waals surface area contributed by atoms with E-state index in [2.05, 4.69) is 6.58 Å². The molecule has 21 heavy (non-hydrogen) atoms. The summed E-state index contributed by atoms with van der Waals surface area (Å²) in [4.78, 5) is 34.1.